The number of nitrogens with zero attached hydrogens (tertiary/aromatic N) is 1. The molecule has 2 aliphatic rings. The van der Waals surface area contributed by atoms with E-state index in [1.165, 1.54) is 0 Å². The van der Waals surface area contributed by atoms with E-state index in [1.807, 2.05) is 4.90 Å². The fourth-order valence-electron chi connectivity index (χ4n) is 2.83. The SMILES string of the molecule is C[C@@H]1CNC[C@H]1C(=O)N1CCC(CCO)C1. The summed E-state index contributed by atoms with van der Waals surface area (Å²) in [6, 6.07) is 0. The molecule has 0 bridgehead atoms. The summed E-state index contributed by atoms with van der Waals surface area (Å²) in [7, 11) is 0. The van der Waals surface area contributed by atoms with Gasteiger partial charge in [-0.1, -0.05) is 6.92 Å². The Hall–Kier alpha value is -0.610. The van der Waals surface area contributed by atoms with Crippen molar-refractivity contribution in [3.05, 3.63) is 0 Å². The van der Waals surface area contributed by atoms with E-state index in [9.17, 15) is 4.79 Å². The highest BCUT2D eigenvalue weighted by Crippen LogP contribution is 2.24. The van der Waals surface area contributed by atoms with Crippen molar-refractivity contribution in [2.24, 2.45) is 17.8 Å². The largest absolute Gasteiger partial charge is 0.396 e. The Labute approximate surface area is 97.0 Å². The second kappa shape index (κ2) is 5.15. The number of hydrogen-bond donors (Lipinski definition) is 2. The van der Waals surface area contributed by atoms with Crippen molar-refractivity contribution in [1.82, 2.24) is 10.2 Å². The molecule has 0 aliphatic carbocycles. The lowest BCUT2D eigenvalue weighted by atomic mass is 9.97. The normalized spacial score (nSPS) is 34.6. The minimum atomic E-state index is 0.174. The van der Waals surface area contributed by atoms with Gasteiger partial charge in [-0.3, -0.25) is 4.79 Å². The van der Waals surface area contributed by atoms with Gasteiger partial charge in [0.15, 0.2) is 0 Å². The van der Waals surface area contributed by atoms with E-state index < -0.39 is 0 Å². The molecule has 3 atom stereocenters. The van der Waals surface area contributed by atoms with Gasteiger partial charge in [0, 0.05) is 26.2 Å². The standard InChI is InChI=1S/C12H22N2O2/c1-9-6-13-7-11(9)12(16)14-4-2-10(8-14)3-5-15/h9-11,13,15H,2-8H2,1H3/t9-,10?,11-/m1/s1. The second-order valence-corrected chi connectivity index (χ2v) is 5.19. The zero-order valence-corrected chi connectivity index (χ0v) is 9.98. The average Bonchev–Trinajstić information content (AvgIpc) is 2.87. The molecule has 0 aromatic carbocycles. The van der Waals surface area contributed by atoms with E-state index in [0.29, 0.717) is 17.7 Å². The van der Waals surface area contributed by atoms with Gasteiger partial charge in [0.2, 0.25) is 5.91 Å². The molecular formula is C12H22N2O2. The molecule has 4 heteroatoms. The van der Waals surface area contributed by atoms with E-state index in [0.717, 1.165) is 39.0 Å². The fourth-order valence-corrected chi connectivity index (χ4v) is 2.83. The highest BCUT2D eigenvalue weighted by Gasteiger charge is 2.35. The van der Waals surface area contributed by atoms with Crippen LogP contribution < -0.4 is 5.32 Å². The molecular weight excluding hydrogens is 204 g/mol. The van der Waals surface area contributed by atoms with Gasteiger partial charge in [0.25, 0.3) is 0 Å². The molecule has 2 fully saturated rings. The number of nitrogens with one attached hydrogen (secondary N) is 1. The average molecular weight is 226 g/mol. The number of aliphatic hydroxyl groups excluding tert-OH is 1. The van der Waals surface area contributed by atoms with Crippen LogP contribution in [0, 0.1) is 17.8 Å². The lowest BCUT2D eigenvalue weighted by Gasteiger charge is -2.22. The number of aliphatic hydroxyl groups is 1. The second-order valence-electron chi connectivity index (χ2n) is 5.19. The first-order valence-electron chi connectivity index (χ1n) is 6.32. The van der Waals surface area contributed by atoms with E-state index in [4.69, 9.17) is 5.11 Å². The Balaban J connectivity index is 1.86. The van der Waals surface area contributed by atoms with E-state index in [1.54, 1.807) is 0 Å². The Morgan fingerprint density at radius 3 is 2.94 bits per heavy atom. The topological polar surface area (TPSA) is 52.6 Å². The predicted molar refractivity (Wildman–Crippen MR) is 61.9 cm³/mol. The summed E-state index contributed by atoms with van der Waals surface area (Å²) >= 11 is 0. The quantitative estimate of drug-likeness (QED) is 0.716. The zero-order valence-electron chi connectivity index (χ0n) is 9.98. The van der Waals surface area contributed by atoms with Gasteiger partial charge < -0.3 is 15.3 Å². The van der Waals surface area contributed by atoms with Gasteiger partial charge in [0.1, 0.15) is 0 Å². The summed E-state index contributed by atoms with van der Waals surface area (Å²) in [6.07, 6.45) is 1.89. The third kappa shape index (κ3) is 2.38. The Morgan fingerprint density at radius 2 is 2.31 bits per heavy atom. The molecule has 2 N–H and O–H groups in total. The van der Waals surface area contributed by atoms with E-state index in [-0.39, 0.29) is 12.5 Å². The predicted octanol–water partition coefficient (Wildman–Crippen LogP) is 0.0728. The lowest BCUT2D eigenvalue weighted by molar-refractivity contribution is -0.135. The third-order valence-electron chi connectivity index (χ3n) is 3.97. The molecule has 2 aliphatic heterocycles. The van der Waals surface area contributed by atoms with E-state index >= 15 is 0 Å². The highest BCUT2D eigenvalue weighted by atomic mass is 16.3. The minimum absolute atomic E-state index is 0.174. The van der Waals surface area contributed by atoms with Crippen LogP contribution in [0.25, 0.3) is 0 Å². The summed E-state index contributed by atoms with van der Waals surface area (Å²) in [5, 5.41) is 12.2. The summed E-state index contributed by atoms with van der Waals surface area (Å²) < 4.78 is 0. The van der Waals surface area contributed by atoms with Gasteiger partial charge >= 0.3 is 0 Å². The molecule has 92 valence electrons. The molecule has 1 amide bonds. The Bertz CT molecular complexity index is 257. The van der Waals surface area contributed by atoms with Crippen LogP contribution in [-0.2, 0) is 4.79 Å². The van der Waals surface area contributed by atoms with Gasteiger partial charge in [-0.15, -0.1) is 0 Å². The molecule has 2 saturated heterocycles. The van der Waals surface area contributed by atoms with Crippen LogP contribution in [0.3, 0.4) is 0 Å². The van der Waals surface area contributed by atoms with Crippen LogP contribution in [0.5, 0.6) is 0 Å². The third-order valence-corrected chi connectivity index (χ3v) is 3.97. The first-order chi connectivity index (χ1) is 7.72. The number of amides is 1. The van der Waals surface area contributed by atoms with Crippen molar-refractivity contribution in [1.29, 1.82) is 0 Å². The molecule has 2 heterocycles. The van der Waals surface area contributed by atoms with E-state index in [2.05, 4.69) is 12.2 Å². The summed E-state index contributed by atoms with van der Waals surface area (Å²) in [4.78, 5) is 14.2. The number of carbonyl (C=O) groups excluding carboxylic acids is 1. The Morgan fingerprint density at radius 1 is 1.50 bits per heavy atom. The van der Waals surface area contributed by atoms with Crippen LogP contribution >= 0.6 is 0 Å². The monoisotopic (exact) mass is 226 g/mol. The van der Waals surface area contributed by atoms with Gasteiger partial charge in [-0.2, -0.15) is 0 Å². The molecule has 16 heavy (non-hydrogen) atoms. The first-order valence-corrected chi connectivity index (χ1v) is 6.32. The molecule has 0 saturated carbocycles. The van der Waals surface area contributed by atoms with Crippen molar-refractivity contribution < 1.29 is 9.90 Å². The lowest BCUT2D eigenvalue weighted by Crippen LogP contribution is -2.37. The molecule has 0 spiro atoms. The van der Waals surface area contributed by atoms with Crippen molar-refractivity contribution >= 4 is 5.91 Å². The molecule has 0 aromatic heterocycles. The number of carbonyl (C=O) groups is 1. The summed E-state index contributed by atoms with van der Waals surface area (Å²) in [5.74, 6) is 1.47. The summed E-state index contributed by atoms with van der Waals surface area (Å²) in [5.41, 5.74) is 0. The zero-order chi connectivity index (χ0) is 11.5. The Kier molecular flexibility index (Phi) is 3.82. The van der Waals surface area contributed by atoms with Gasteiger partial charge in [-0.05, 0) is 31.2 Å². The number of likely N-dealkylation sites (tertiary alicyclic amines) is 1. The smallest absolute Gasteiger partial charge is 0.227 e. The number of hydrogen-bond acceptors (Lipinski definition) is 3. The van der Waals surface area contributed by atoms with Crippen molar-refractivity contribution in [3.63, 3.8) is 0 Å². The fraction of sp³-hybridized carbons (Fsp3) is 0.917. The molecule has 0 aromatic rings. The van der Waals surface area contributed by atoms with Crippen molar-refractivity contribution in [2.75, 3.05) is 32.8 Å². The maximum atomic E-state index is 12.2. The molecule has 0 radical (unpaired) electrons. The molecule has 2 rings (SSSR count). The van der Waals surface area contributed by atoms with Gasteiger partial charge in [0.05, 0.1) is 5.92 Å². The van der Waals surface area contributed by atoms with Crippen LogP contribution in [-0.4, -0.2) is 48.7 Å². The molecule has 4 nitrogen and oxygen atoms in total. The highest BCUT2D eigenvalue weighted by molar-refractivity contribution is 5.80. The van der Waals surface area contributed by atoms with Crippen molar-refractivity contribution in [2.45, 2.75) is 19.8 Å². The first kappa shape index (κ1) is 11.9. The summed E-state index contributed by atoms with van der Waals surface area (Å²) in [6.45, 7) is 5.92. The van der Waals surface area contributed by atoms with Crippen molar-refractivity contribution in [3.8, 4) is 0 Å². The van der Waals surface area contributed by atoms with Crippen LogP contribution in [0.4, 0.5) is 0 Å². The number of rotatable bonds is 3. The van der Waals surface area contributed by atoms with Crippen LogP contribution in [0.1, 0.15) is 19.8 Å². The molecule has 1 unspecified atom stereocenters. The van der Waals surface area contributed by atoms with Gasteiger partial charge in [-0.25, -0.2) is 0 Å². The van der Waals surface area contributed by atoms with Crippen LogP contribution in [0.15, 0.2) is 0 Å². The minimum Gasteiger partial charge on any atom is -0.396 e. The maximum absolute atomic E-state index is 12.2. The van der Waals surface area contributed by atoms with Crippen LogP contribution in [0.2, 0.25) is 0 Å². The maximum Gasteiger partial charge on any atom is 0.227 e.